The van der Waals surface area contributed by atoms with Gasteiger partial charge in [0.2, 0.25) is 0 Å². The van der Waals surface area contributed by atoms with Gasteiger partial charge in [-0.25, -0.2) is 13.2 Å². The zero-order valence-corrected chi connectivity index (χ0v) is 8.34. The van der Waals surface area contributed by atoms with Crippen LogP contribution in [0.4, 0.5) is 13.2 Å². The fourth-order valence-electron chi connectivity index (χ4n) is 1.26. The van der Waals surface area contributed by atoms with E-state index in [-0.39, 0.29) is 5.56 Å². The summed E-state index contributed by atoms with van der Waals surface area (Å²) in [5.74, 6) is -3.96. The van der Waals surface area contributed by atoms with Gasteiger partial charge in [0.25, 0.3) is 0 Å². The van der Waals surface area contributed by atoms with Crippen LogP contribution >= 0.6 is 0 Å². The van der Waals surface area contributed by atoms with Crippen LogP contribution in [0.25, 0.3) is 11.3 Å². The maximum Gasteiger partial charge on any atom is 0.194 e. The first-order valence-corrected chi connectivity index (χ1v) is 4.53. The van der Waals surface area contributed by atoms with E-state index in [2.05, 4.69) is 10.2 Å². The number of aryl methyl sites for hydroxylation is 1. The number of rotatable bonds is 1. The zero-order chi connectivity index (χ0) is 11.7. The largest absolute Gasteiger partial charge is 0.204 e. The Kier molecular flexibility index (Phi) is 2.60. The van der Waals surface area contributed by atoms with Gasteiger partial charge in [0.1, 0.15) is 0 Å². The van der Waals surface area contributed by atoms with Crippen molar-refractivity contribution in [3.63, 3.8) is 0 Å². The van der Waals surface area contributed by atoms with Crippen molar-refractivity contribution in [3.05, 3.63) is 47.4 Å². The SMILES string of the molecule is Cc1ccc(-c2cc(F)c(F)c(F)c2)nn1. The lowest BCUT2D eigenvalue weighted by Gasteiger charge is -2.02. The first-order valence-electron chi connectivity index (χ1n) is 4.53. The molecule has 0 saturated heterocycles. The quantitative estimate of drug-likeness (QED) is 0.696. The normalized spacial score (nSPS) is 10.5. The number of halogens is 3. The van der Waals surface area contributed by atoms with Gasteiger partial charge < -0.3 is 0 Å². The van der Waals surface area contributed by atoms with Gasteiger partial charge >= 0.3 is 0 Å². The monoisotopic (exact) mass is 224 g/mol. The van der Waals surface area contributed by atoms with Crippen molar-refractivity contribution < 1.29 is 13.2 Å². The molecule has 2 aromatic rings. The summed E-state index contributed by atoms with van der Waals surface area (Å²) >= 11 is 0. The molecule has 2 rings (SSSR count). The number of nitrogens with zero attached hydrogens (tertiary/aromatic N) is 2. The summed E-state index contributed by atoms with van der Waals surface area (Å²) in [6, 6.07) is 4.99. The van der Waals surface area contributed by atoms with Crippen LogP contribution in [0.15, 0.2) is 24.3 Å². The first-order chi connectivity index (χ1) is 7.58. The highest BCUT2D eigenvalue weighted by molar-refractivity contribution is 5.58. The fourth-order valence-corrected chi connectivity index (χ4v) is 1.26. The minimum absolute atomic E-state index is 0.156. The van der Waals surface area contributed by atoms with Gasteiger partial charge in [-0.3, -0.25) is 0 Å². The van der Waals surface area contributed by atoms with Crippen LogP contribution in [-0.4, -0.2) is 10.2 Å². The molecule has 1 aromatic heterocycles. The van der Waals surface area contributed by atoms with E-state index in [1.807, 2.05) is 0 Å². The Bertz CT molecular complexity index is 500. The molecule has 5 heteroatoms. The third-order valence-corrected chi connectivity index (χ3v) is 2.08. The van der Waals surface area contributed by atoms with Crippen molar-refractivity contribution in [1.82, 2.24) is 10.2 Å². The third-order valence-electron chi connectivity index (χ3n) is 2.08. The van der Waals surface area contributed by atoms with Crippen molar-refractivity contribution in [3.8, 4) is 11.3 Å². The molecule has 0 saturated carbocycles. The van der Waals surface area contributed by atoms with E-state index in [9.17, 15) is 13.2 Å². The molecule has 2 nitrogen and oxygen atoms in total. The summed E-state index contributed by atoms with van der Waals surface area (Å²) in [5, 5.41) is 7.50. The molecule has 0 N–H and O–H groups in total. The van der Waals surface area contributed by atoms with Gasteiger partial charge in [0, 0.05) is 5.56 Å². The van der Waals surface area contributed by atoms with Crippen LogP contribution in [0, 0.1) is 24.4 Å². The number of aromatic nitrogens is 2. The molecule has 0 aliphatic carbocycles. The van der Waals surface area contributed by atoms with E-state index in [0.717, 1.165) is 12.1 Å². The standard InChI is InChI=1S/C11H7F3N2/c1-6-2-3-10(16-15-6)7-4-8(12)11(14)9(13)5-7/h2-5H,1H3. The van der Waals surface area contributed by atoms with Gasteiger partial charge in [-0.1, -0.05) is 0 Å². The molecule has 0 spiro atoms. The van der Waals surface area contributed by atoms with E-state index in [1.54, 1.807) is 19.1 Å². The number of benzene rings is 1. The molecule has 0 bridgehead atoms. The van der Waals surface area contributed by atoms with E-state index >= 15 is 0 Å². The van der Waals surface area contributed by atoms with Gasteiger partial charge in [0.15, 0.2) is 17.5 Å². The summed E-state index contributed by atoms with van der Waals surface area (Å²) in [4.78, 5) is 0. The van der Waals surface area contributed by atoms with Crippen molar-refractivity contribution in [2.45, 2.75) is 6.92 Å². The van der Waals surface area contributed by atoms with Crippen LogP contribution in [0.5, 0.6) is 0 Å². The molecule has 0 amide bonds. The lowest BCUT2D eigenvalue weighted by Crippen LogP contribution is -1.94. The van der Waals surface area contributed by atoms with Gasteiger partial charge in [-0.05, 0) is 31.2 Å². The highest BCUT2D eigenvalue weighted by atomic mass is 19.2. The third kappa shape index (κ3) is 1.88. The predicted octanol–water partition coefficient (Wildman–Crippen LogP) is 2.87. The molecule has 0 radical (unpaired) electrons. The Morgan fingerprint density at radius 2 is 1.56 bits per heavy atom. The Balaban J connectivity index is 2.52. The number of hydrogen-bond donors (Lipinski definition) is 0. The molecular formula is C11H7F3N2. The molecule has 0 fully saturated rings. The predicted molar refractivity (Wildman–Crippen MR) is 52.1 cm³/mol. The number of hydrogen-bond acceptors (Lipinski definition) is 2. The topological polar surface area (TPSA) is 25.8 Å². The van der Waals surface area contributed by atoms with Gasteiger partial charge in [-0.2, -0.15) is 10.2 Å². The Morgan fingerprint density at radius 3 is 2.06 bits per heavy atom. The smallest absolute Gasteiger partial charge is 0.194 e. The van der Waals surface area contributed by atoms with Gasteiger partial charge in [-0.15, -0.1) is 0 Å². The molecule has 0 aliphatic rings. The Hall–Kier alpha value is -1.91. The van der Waals surface area contributed by atoms with Crippen molar-refractivity contribution in [2.24, 2.45) is 0 Å². The second-order valence-electron chi connectivity index (χ2n) is 3.31. The molecule has 82 valence electrons. The molecule has 16 heavy (non-hydrogen) atoms. The molecule has 1 heterocycles. The highest BCUT2D eigenvalue weighted by Crippen LogP contribution is 2.21. The summed E-state index contributed by atoms with van der Waals surface area (Å²) in [5.41, 5.74) is 1.14. The average Bonchev–Trinajstić information content (AvgIpc) is 2.26. The first kappa shape index (κ1) is 10.6. The maximum atomic E-state index is 12.9. The molecule has 0 aliphatic heterocycles. The van der Waals surface area contributed by atoms with E-state index in [4.69, 9.17) is 0 Å². The summed E-state index contributed by atoms with van der Waals surface area (Å²) in [6.45, 7) is 1.74. The van der Waals surface area contributed by atoms with Crippen molar-refractivity contribution >= 4 is 0 Å². The van der Waals surface area contributed by atoms with Crippen LogP contribution in [0.1, 0.15) is 5.69 Å². The maximum absolute atomic E-state index is 12.9. The van der Waals surface area contributed by atoms with Crippen LogP contribution in [0.2, 0.25) is 0 Å². The minimum Gasteiger partial charge on any atom is -0.204 e. The Labute approximate surface area is 89.8 Å². The molecule has 1 aromatic carbocycles. The minimum atomic E-state index is -1.48. The lowest BCUT2D eigenvalue weighted by molar-refractivity contribution is 0.447. The Morgan fingerprint density at radius 1 is 0.938 bits per heavy atom. The summed E-state index contributed by atoms with van der Waals surface area (Å²) < 4.78 is 38.6. The van der Waals surface area contributed by atoms with E-state index < -0.39 is 17.5 Å². The highest BCUT2D eigenvalue weighted by Gasteiger charge is 2.12. The molecule has 0 atom stereocenters. The van der Waals surface area contributed by atoms with E-state index in [1.165, 1.54) is 0 Å². The summed E-state index contributed by atoms with van der Waals surface area (Å²) in [6.07, 6.45) is 0. The average molecular weight is 224 g/mol. The van der Waals surface area contributed by atoms with Gasteiger partial charge in [0.05, 0.1) is 11.4 Å². The fraction of sp³-hybridized carbons (Fsp3) is 0.0909. The summed E-state index contributed by atoms with van der Waals surface area (Å²) in [7, 11) is 0. The van der Waals surface area contributed by atoms with Crippen molar-refractivity contribution in [2.75, 3.05) is 0 Å². The van der Waals surface area contributed by atoms with Crippen LogP contribution in [0.3, 0.4) is 0 Å². The molecule has 0 unspecified atom stereocenters. The van der Waals surface area contributed by atoms with Crippen LogP contribution < -0.4 is 0 Å². The zero-order valence-electron chi connectivity index (χ0n) is 8.34. The lowest BCUT2D eigenvalue weighted by atomic mass is 10.1. The molecular weight excluding hydrogens is 217 g/mol. The second-order valence-corrected chi connectivity index (χ2v) is 3.31. The van der Waals surface area contributed by atoms with Crippen LogP contribution in [-0.2, 0) is 0 Å². The second kappa shape index (κ2) is 3.92. The van der Waals surface area contributed by atoms with Crippen molar-refractivity contribution in [1.29, 1.82) is 0 Å². The van der Waals surface area contributed by atoms with E-state index in [0.29, 0.717) is 11.4 Å².